The van der Waals surface area contributed by atoms with Crippen molar-refractivity contribution in [1.29, 1.82) is 0 Å². The van der Waals surface area contributed by atoms with E-state index in [1.165, 1.54) is 11.3 Å². The first-order valence-corrected chi connectivity index (χ1v) is 9.00. The van der Waals surface area contributed by atoms with Crippen LogP contribution in [0.4, 0.5) is 0 Å². The Morgan fingerprint density at radius 1 is 1.43 bits per heavy atom. The molecule has 4 nitrogen and oxygen atoms in total. The zero-order valence-electron chi connectivity index (χ0n) is 12.7. The van der Waals surface area contributed by atoms with Gasteiger partial charge in [0.05, 0.1) is 10.7 Å². The van der Waals surface area contributed by atoms with Gasteiger partial charge in [0.15, 0.2) is 0 Å². The Kier molecular flexibility index (Phi) is 6.84. The van der Waals surface area contributed by atoms with Crippen LogP contribution in [-0.4, -0.2) is 22.1 Å². The number of carboxylic acids is 1. The lowest BCUT2D eigenvalue weighted by Crippen LogP contribution is -2.36. The standard InChI is InChI=1S/C16H18Cl2N2O2S/c1-2-3-4-13(16(21)22)19-8-15-20-14(9-23-15)11-7-10(17)5-6-12(11)18/h5-7,9,13,19H,2-4,8H2,1H3,(H,21,22). The normalized spacial score (nSPS) is 12.3. The molecule has 7 heteroatoms. The van der Waals surface area contributed by atoms with Gasteiger partial charge >= 0.3 is 5.97 Å². The van der Waals surface area contributed by atoms with Crippen molar-refractivity contribution >= 4 is 40.5 Å². The largest absolute Gasteiger partial charge is 0.480 e. The Morgan fingerprint density at radius 2 is 2.22 bits per heavy atom. The van der Waals surface area contributed by atoms with Gasteiger partial charge in [0, 0.05) is 22.5 Å². The van der Waals surface area contributed by atoms with Gasteiger partial charge in [0.25, 0.3) is 0 Å². The van der Waals surface area contributed by atoms with E-state index in [-0.39, 0.29) is 0 Å². The molecule has 0 aliphatic heterocycles. The Bertz CT molecular complexity index is 676. The van der Waals surface area contributed by atoms with Crippen LogP contribution in [0.3, 0.4) is 0 Å². The van der Waals surface area contributed by atoms with E-state index in [2.05, 4.69) is 10.3 Å². The van der Waals surface area contributed by atoms with Gasteiger partial charge in [-0.05, 0) is 24.6 Å². The predicted molar refractivity (Wildman–Crippen MR) is 95.4 cm³/mol. The number of unbranched alkanes of at least 4 members (excludes halogenated alkanes) is 1. The number of hydrogen-bond donors (Lipinski definition) is 2. The smallest absolute Gasteiger partial charge is 0.320 e. The highest BCUT2D eigenvalue weighted by Crippen LogP contribution is 2.31. The number of nitrogens with one attached hydrogen (secondary N) is 1. The summed E-state index contributed by atoms with van der Waals surface area (Å²) in [4.78, 5) is 15.7. The zero-order chi connectivity index (χ0) is 16.8. The third kappa shape index (κ3) is 5.18. The maximum absolute atomic E-state index is 11.2. The first-order chi connectivity index (χ1) is 11.0. The second-order valence-corrected chi connectivity index (χ2v) is 6.95. The number of carboxylic acid groups (broad SMARTS) is 1. The number of halogens is 2. The summed E-state index contributed by atoms with van der Waals surface area (Å²) in [7, 11) is 0. The Labute approximate surface area is 149 Å². The monoisotopic (exact) mass is 372 g/mol. The summed E-state index contributed by atoms with van der Waals surface area (Å²) in [5, 5.41) is 16.2. The molecule has 0 radical (unpaired) electrons. The topological polar surface area (TPSA) is 62.2 Å². The van der Waals surface area contributed by atoms with E-state index in [1.807, 2.05) is 12.3 Å². The van der Waals surface area contributed by atoms with Crippen molar-refractivity contribution in [2.75, 3.05) is 0 Å². The van der Waals surface area contributed by atoms with Crippen LogP contribution in [0.2, 0.25) is 10.0 Å². The van der Waals surface area contributed by atoms with Crippen LogP contribution in [0, 0.1) is 0 Å². The minimum absolute atomic E-state index is 0.420. The maximum atomic E-state index is 11.2. The average Bonchev–Trinajstić information content (AvgIpc) is 2.98. The summed E-state index contributed by atoms with van der Waals surface area (Å²) in [5.74, 6) is -0.826. The van der Waals surface area contributed by atoms with Crippen LogP contribution in [-0.2, 0) is 11.3 Å². The average molecular weight is 373 g/mol. The van der Waals surface area contributed by atoms with Crippen molar-refractivity contribution in [3.05, 3.63) is 38.6 Å². The quantitative estimate of drug-likeness (QED) is 0.694. The third-order valence-corrected chi connectivity index (χ3v) is 4.81. The molecule has 1 atom stereocenters. The molecular formula is C16H18Cl2N2O2S. The lowest BCUT2D eigenvalue weighted by atomic mass is 10.1. The minimum Gasteiger partial charge on any atom is -0.480 e. The van der Waals surface area contributed by atoms with E-state index in [0.29, 0.717) is 23.0 Å². The van der Waals surface area contributed by atoms with Crippen LogP contribution < -0.4 is 5.32 Å². The molecule has 0 aliphatic rings. The van der Waals surface area contributed by atoms with Gasteiger partial charge in [-0.25, -0.2) is 4.98 Å². The third-order valence-electron chi connectivity index (χ3n) is 3.40. The molecule has 0 bridgehead atoms. The molecule has 2 N–H and O–H groups in total. The second kappa shape index (κ2) is 8.64. The number of nitrogens with zero attached hydrogens (tertiary/aromatic N) is 1. The Hall–Kier alpha value is -1.14. The Balaban J connectivity index is 2.04. The summed E-state index contributed by atoms with van der Waals surface area (Å²) in [5.41, 5.74) is 1.53. The Morgan fingerprint density at radius 3 is 2.91 bits per heavy atom. The van der Waals surface area contributed by atoms with Gasteiger partial charge in [0.1, 0.15) is 11.0 Å². The molecule has 23 heavy (non-hydrogen) atoms. The zero-order valence-corrected chi connectivity index (χ0v) is 15.0. The first kappa shape index (κ1) is 18.2. The highest BCUT2D eigenvalue weighted by molar-refractivity contribution is 7.09. The van der Waals surface area contributed by atoms with E-state index in [4.69, 9.17) is 23.2 Å². The summed E-state index contributed by atoms with van der Waals surface area (Å²) in [6.45, 7) is 2.46. The van der Waals surface area contributed by atoms with Crippen LogP contribution >= 0.6 is 34.5 Å². The van der Waals surface area contributed by atoms with E-state index in [0.717, 1.165) is 29.1 Å². The van der Waals surface area contributed by atoms with Gasteiger partial charge in [-0.2, -0.15) is 0 Å². The summed E-state index contributed by atoms with van der Waals surface area (Å²) in [6, 6.07) is 4.70. The summed E-state index contributed by atoms with van der Waals surface area (Å²) >= 11 is 13.6. The number of benzene rings is 1. The number of carbonyl (C=O) groups is 1. The summed E-state index contributed by atoms with van der Waals surface area (Å²) in [6.07, 6.45) is 2.47. The van der Waals surface area contributed by atoms with E-state index < -0.39 is 12.0 Å². The molecule has 0 aliphatic carbocycles. The fraction of sp³-hybridized carbons (Fsp3) is 0.375. The fourth-order valence-electron chi connectivity index (χ4n) is 2.14. The SMILES string of the molecule is CCCCC(NCc1nc(-c2cc(Cl)ccc2Cl)cs1)C(=O)O. The molecule has 0 spiro atoms. The number of thiazole rings is 1. The van der Waals surface area contributed by atoms with Gasteiger partial charge in [-0.1, -0.05) is 43.0 Å². The highest BCUT2D eigenvalue weighted by atomic mass is 35.5. The fourth-order valence-corrected chi connectivity index (χ4v) is 3.27. The van der Waals surface area contributed by atoms with Crippen molar-refractivity contribution in [2.24, 2.45) is 0 Å². The van der Waals surface area contributed by atoms with Crippen LogP contribution in [0.5, 0.6) is 0 Å². The molecule has 2 rings (SSSR count). The highest BCUT2D eigenvalue weighted by Gasteiger charge is 2.17. The number of aromatic nitrogens is 1. The predicted octanol–water partition coefficient (Wildman–Crippen LogP) is 4.85. The number of rotatable bonds is 8. The van der Waals surface area contributed by atoms with E-state index >= 15 is 0 Å². The molecule has 124 valence electrons. The van der Waals surface area contributed by atoms with Gasteiger partial charge in [-0.15, -0.1) is 11.3 Å². The molecule has 0 saturated carbocycles. The second-order valence-electron chi connectivity index (χ2n) is 5.16. The van der Waals surface area contributed by atoms with Crippen molar-refractivity contribution < 1.29 is 9.90 Å². The lowest BCUT2D eigenvalue weighted by molar-refractivity contribution is -0.139. The van der Waals surface area contributed by atoms with Crippen LogP contribution in [0.15, 0.2) is 23.6 Å². The number of hydrogen-bond acceptors (Lipinski definition) is 4. The van der Waals surface area contributed by atoms with Crippen LogP contribution in [0.25, 0.3) is 11.3 Å². The maximum Gasteiger partial charge on any atom is 0.320 e. The molecule has 0 saturated heterocycles. The van der Waals surface area contributed by atoms with Gasteiger partial charge < -0.3 is 5.11 Å². The first-order valence-electron chi connectivity index (χ1n) is 7.37. The molecule has 1 aromatic carbocycles. The van der Waals surface area contributed by atoms with Crippen molar-refractivity contribution in [3.63, 3.8) is 0 Å². The summed E-state index contributed by atoms with van der Waals surface area (Å²) < 4.78 is 0. The molecule has 0 amide bonds. The van der Waals surface area contributed by atoms with Crippen molar-refractivity contribution in [3.8, 4) is 11.3 Å². The molecule has 1 heterocycles. The molecule has 1 unspecified atom stereocenters. The molecule has 1 aromatic heterocycles. The van der Waals surface area contributed by atoms with Gasteiger partial charge in [0.2, 0.25) is 0 Å². The van der Waals surface area contributed by atoms with E-state index in [9.17, 15) is 9.90 Å². The van der Waals surface area contributed by atoms with Crippen LogP contribution in [0.1, 0.15) is 31.2 Å². The molecule has 2 aromatic rings. The lowest BCUT2D eigenvalue weighted by Gasteiger charge is -2.12. The molecule has 0 fully saturated rings. The van der Waals surface area contributed by atoms with Crippen molar-refractivity contribution in [2.45, 2.75) is 38.8 Å². The van der Waals surface area contributed by atoms with Gasteiger partial charge in [-0.3, -0.25) is 10.1 Å². The molecular weight excluding hydrogens is 355 g/mol. The van der Waals surface area contributed by atoms with Crippen molar-refractivity contribution in [1.82, 2.24) is 10.3 Å². The minimum atomic E-state index is -0.826. The van der Waals surface area contributed by atoms with E-state index in [1.54, 1.807) is 18.2 Å². The number of aliphatic carboxylic acids is 1.